The number of aryl methyl sites for hydroxylation is 1. The van der Waals surface area contributed by atoms with Gasteiger partial charge in [0.05, 0.1) is 5.69 Å². The summed E-state index contributed by atoms with van der Waals surface area (Å²) in [4.78, 5) is 36.5. The maximum absolute atomic E-state index is 13.1. The molecule has 7 nitrogen and oxygen atoms in total. The van der Waals surface area contributed by atoms with Gasteiger partial charge in [-0.15, -0.1) is 0 Å². The molecule has 0 atom stereocenters. The zero-order chi connectivity index (χ0) is 17.4. The molecule has 1 fully saturated rings. The first-order valence-electron chi connectivity index (χ1n) is 8.48. The predicted octanol–water partition coefficient (Wildman–Crippen LogP) is 1.81. The number of rotatable bonds is 2. The summed E-state index contributed by atoms with van der Waals surface area (Å²) in [6.07, 6.45) is 6.48. The van der Waals surface area contributed by atoms with Crippen LogP contribution in [0.15, 0.2) is 41.5 Å². The molecule has 1 aliphatic heterocycles. The van der Waals surface area contributed by atoms with E-state index in [4.69, 9.17) is 0 Å². The molecule has 0 bridgehead atoms. The number of amides is 1. The highest BCUT2D eigenvalue weighted by atomic mass is 16.2. The van der Waals surface area contributed by atoms with E-state index in [0.29, 0.717) is 30.2 Å². The van der Waals surface area contributed by atoms with Crippen molar-refractivity contribution < 1.29 is 4.79 Å². The molecule has 0 spiro atoms. The van der Waals surface area contributed by atoms with Crippen molar-refractivity contribution in [3.8, 4) is 5.82 Å². The van der Waals surface area contributed by atoms with Crippen molar-refractivity contribution in [3.63, 3.8) is 0 Å². The smallest absolute Gasteiger partial charge is 0.286 e. The number of likely N-dealkylation sites (tertiary alicyclic amines) is 1. The van der Waals surface area contributed by atoms with Crippen LogP contribution < -0.4 is 5.56 Å². The topological polar surface area (TPSA) is 72.5 Å². The van der Waals surface area contributed by atoms with Gasteiger partial charge in [0, 0.05) is 31.5 Å². The normalized spacial score (nSPS) is 14.8. The highest BCUT2D eigenvalue weighted by Gasteiger charge is 2.25. The molecule has 1 amide bonds. The number of carbonyl (C=O) groups is 1. The molecule has 3 aromatic heterocycles. The number of fused-ring (bicyclic) bond motifs is 1. The molecular weight excluding hydrogens is 318 g/mol. The molecule has 7 heteroatoms. The molecule has 3 aromatic rings. The van der Waals surface area contributed by atoms with Crippen LogP contribution >= 0.6 is 0 Å². The van der Waals surface area contributed by atoms with Crippen molar-refractivity contribution in [1.29, 1.82) is 0 Å². The monoisotopic (exact) mass is 337 g/mol. The Bertz CT molecular complexity index is 984. The van der Waals surface area contributed by atoms with E-state index in [1.807, 2.05) is 12.1 Å². The highest BCUT2D eigenvalue weighted by Crippen LogP contribution is 2.14. The lowest BCUT2D eigenvalue weighted by molar-refractivity contribution is 0.0721. The van der Waals surface area contributed by atoms with Gasteiger partial charge in [0.2, 0.25) is 0 Å². The van der Waals surface area contributed by atoms with E-state index in [0.717, 1.165) is 19.3 Å². The van der Waals surface area contributed by atoms with Crippen LogP contribution in [0.4, 0.5) is 0 Å². The second-order valence-electron chi connectivity index (χ2n) is 6.25. The van der Waals surface area contributed by atoms with Crippen LogP contribution in [0.5, 0.6) is 0 Å². The Morgan fingerprint density at radius 1 is 1.12 bits per heavy atom. The molecule has 0 aromatic carbocycles. The fourth-order valence-electron chi connectivity index (χ4n) is 3.33. The standard InChI is InChI=1S/C18H19N5O2/c1-13-16(17(24)21-10-5-2-6-11-21)18(25)23-15(20-13)8-12-22(23)14-7-3-4-9-19-14/h3-4,7-9,12H,2,5-6,10-11H2,1H3. The molecule has 4 rings (SSSR count). The zero-order valence-electron chi connectivity index (χ0n) is 14.1. The van der Waals surface area contributed by atoms with E-state index >= 15 is 0 Å². The molecule has 4 heterocycles. The lowest BCUT2D eigenvalue weighted by atomic mass is 10.1. The molecule has 0 unspecified atom stereocenters. The third kappa shape index (κ3) is 2.61. The molecule has 25 heavy (non-hydrogen) atoms. The fraction of sp³-hybridized carbons (Fsp3) is 0.333. The summed E-state index contributed by atoms with van der Waals surface area (Å²) in [6, 6.07) is 7.21. The van der Waals surface area contributed by atoms with Crippen molar-refractivity contribution >= 4 is 11.6 Å². The Morgan fingerprint density at radius 3 is 2.64 bits per heavy atom. The Morgan fingerprint density at radius 2 is 1.92 bits per heavy atom. The van der Waals surface area contributed by atoms with Crippen LogP contribution in [-0.2, 0) is 0 Å². The van der Waals surface area contributed by atoms with Crippen LogP contribution in [0, 0.1) is 6.92 Å². The number of hydrogen-bond acceptors (Lipinski definition) is 4. The van der Waals surface area contributed by atoms with Crippen LogP contribution in [0.25, 0.3) is 11.5 Å². The molecule has 128 valence electrons. The Labute approximate surface area is 144 Å². The Hall–Kier alpha value is -2.96. The second kappa shape index (κ2) is 6.16. The van der Waals surface area contributed by atoms with Crippen LogP contribution in [-0.4, -0.2) is 43.1 Å². The van der Waals surface area contributed by atoms with E-state index < -0.39 is 0 Å². The summed E-state index contributed by atoms with van der Waals surface area (Å²) < 4.78 is 3.03. The first-order chi connectivity index (χ1) is 12.2. The second-order valence-corrected chi connectivity index (χ2v) is 6.25. The van der Waals surface area contributed by atoms with E-state index in [2.05, 4.69) is 9.97 Å². The minimum Gasteiger partial charge on any atom is -0.338 e. The van der Waals surface area contributed by atoms with Gasteiger partial charge >= 0.3 is 0 Å². The van der Waals surface area contributed by atoms with Gasteiger partial charge in [-0.3, -0.25) is 9.59 Å². The van der Waals surface area contributed by atoms with E-state index in [1.54, 1.807) is 41.0 Å². The summed E-state index contributed by atoms with van der Waals surface area (Å²) >= 11 is 0. The first-order valence-corrected chi connectivity index (χ1v) is 8.48. The SMILES string of the molecule is Cc1nc2ccn(-c3ccccn3)n2c(=O)c1C(=O)N1CCCCC1. The van der Waals surface area contributed by atoms with Crippen molar-refractivity contribution in [2.45, 2.75) is 26.2 Å². The molecular formula is C18H19N5O2. The van der Waals surface area contributed by atoms with Gasteiger partial charge in [0.15, 0.2) is 11.5 Å². The Kier molecular flexibility index (Phi) is 3.83. The van der Waals surface area contributed by atoms with Crippen LogP contribution in [0.2, 0.25) is 0 Å². The molecule has 1 saturated heterocycles. The fourth-order valence-corrected chi connectivity index (χ4v) is 3.33. The van der Waals surface area contributed by atoms with Crippen molar-refractivity contribution in [1.82, 2.24) is 24.1 Å². The minimum absolute atomic E-state index is 0.148. The molecule has 0 saturated carbocycles. The molecule has 0 aliphatic carbocycles. The van der Waals surface area contributed by atoms with E-state index in [-0.39, 0.29) is 17.0 Å². The maximum Gasteiger partial charge on any atom is 0.286 e. The summed E-state index contributed by atoms with van der Waals surface area (Å²) in [7, 11) is 0. The van der Waals surface area contributed by atoms with Crippen molar-refractivity contribution in [2.24, 2.45) is 0 Å². The summed E-state index contributed by atoms with van der Waals surface area (Å²) in [5.41, 5.74) is 0.770. The van der Waals surface area contributed by atoms with Crippen molar-refractivity contribution in [2.75, 3.05) is 13.1 Å². The number of aromatic nitrogens is 4. The minimum atomic E-state index is -0.353. The maximum atomic E-state index is 13.1. The quantitative estimate of drug-likeness (QED) is 0.715. The third-order valence-electron chi connectivity index (χ3n) is 4.59. The van der Waals surface area contributed by atoms with Gasteiger partial charge in [-0.25, -0.2) is 14.6 Å². The summed E-state index contributed by atoms with van der Waals surface area (Å²) in [6.45, 7) is 3.11. The van der Waals surface area contributed by atoms with Crippen LogP contribution in [0.3, 0.4) is 0 Å². The van der Waals surface area contributed by atoms with Crippen molar-refractivity contribution in [3.05, 3.63) is 58.3 Å². The zero-order valence-corrected chi connectivity index (χ0v) is 14.1. The Balaban J connectivity index is 1.88. The lowest BCUT2D eigenvalue weighted by Crippen LogP contribution is -2.40. The predicted molar refractivity (Wildman–Crippen MR) is 93.1 cm³/mol. The summed E-state index contributed by atoms with van der Waals surface area (Å²) in [5, 5.41) is 0. The van der Waals surface area contributed by atoms with Gasteiger partial charge in [0.25, 0.3) is 11.5 Å². The van der Waals surface area contributed by atoms with Gasteiger partial charge in [0.1, 0.15) is 5.56 Å². The number of hydrogen-bond donors (Lipinski definition) is 0. The van der Waals surface area contributed by atoms with Crippen LogP contribution in [0.1, 0.15) is 35.3 Å². The molecule has 0 N–H and O–H groups in total. The number of nitrogens with zero attached hydrogens (tertiary/aromatic N) is 5. The van der Waals surface area contributed by atoms with Gasteiger partial charge in [-0.1, -0.05) is 6.07 Å². The third-order valence-corrected chi connectivity index (χ3v) is 4.59. The number of piperidine rings is 1. The van der Waals surface area contributed by atoms with Gasteiger partial charge < -0.3 is 4.90 Å². The summed E-state index contributed by atoms with van der Waals surface area (Å²) in [5.74, 6) is 0.375. The average molecular weight is 337 g/mol. The highest BCUT2D eigenvalue weighted by molar-refractivity contribution is 5.95. The lowest BCUT2D eigenvalue weighted by Gasteiger charge is -2.26. The average Bonchev–Trinajstić information content (AvgIpc) is 3.07. The first kappa shape index (κ1) is 15.6. The van der Waals surface area contributed by atoms with E-state index in [9.17, 15) is 9.59 Å². The molecule has 0 radical (unpaired) electrons. The van der Waals surface area contributed by atoms with Gasteiger partial charge in [-0.2, -0.15) is 4.52 Å². The molecule has 1 aliphatic rings. The van der Waals surface area contributed by atoms with E-state index in [1.165, 1.54) is 4.52 Å². The number of pyridine rings is 1. The van der Waals surface area contributed by atoms with Gasteiger partial charge in [-0.05, 0) is 38.3 Å². The number of carbonyl (C=O) groups excluding carboxylic acids is 1. The largest absolute Gasteiger partial charge is 0.338 e.